The smallest absolute Gasteiger partial charge is 0.339 e. The molecule has 0 amide bonds. The van der Waals surface area contributed by atoms with Crippen molar-refractivity contribution in [1.29, 1.82) is 0 Å². The van der Waals surface area contributed by atoms with Gasteiger partial charge in [0.05, 0.1) is 17.6 Å². The summed E-state index contributed by atoms with van der Waals surface area (Å²) in [6.45, 7) is 4.71. The summed E-state index contributed by atoms with van der Waals surface area (Å²) in [4.78, 5) is 52.8. The molecule has 0 atom stereocenters. The minimum Gasteiger partial charge on any atom is -0.462 e. The summed E-state index contributed by atoms with van der Waals surface area (Å²) < 4.78 is 6.12. The molecule has 0 saturated carbocycles. The molecule has 0 aliphatic heterocycles. The topological polar surface area (TPSA) is 95.3 Å². The molecule has 0 fully saturated rings. The minimum atomic E-state index is -1.24. The highest BCUT2D eigenvalue weighted by Crippen LogP contribution is 2.22. The second-order valence-corrected chi connectivity index (χ2v) is 6.26. The van der Waals surface area contributed by atoms with E-state index in [1.54, 1.807) is 0 Å². The van der Waals surface area contributed by atoms with Gasteiger partial charge in [-0.05, 0) is 20.3 Å². The van der Waals surface area contributed by atoms with Gasteiger partial charge in [0.1, 0.15) is 11.2 Å². The van der Waals surface area contributed by atoms with E-state index in [1.165, 1.54) is 25.6 Å². The molecule has 0 spiro atoms. The van der Waals surface area contributed by atoms with Crippen molar-refractivity contribution >= 4 is 39.1 Å². The van der Waals surface area contributed by atoms with Crippen LogP contribution in [0.25, 0.3) is 10.2 Å². The molecule has 0 unspecified atom stereocenters. The van der Waals surface area contributed by atoms with Crippen molar-refractivity contribution in [3.8, 4) is 0 Å². The highest BCUT2D eigenvalue weighted by molar-refractivity contribution is 7.17. The van der Waals surface area contributed by atoms with Gasteiger partial charge in [-0.2, -0.15) is 0 Å². The molecule has 0 saturated heterocycles. The number of thiophene rings is 1. The number of hydrogen-bond acceptors (Lipinski definition) is 7. The Bertz CT molecular complexity index is 838. The zero-order valence-corrected chi connectivity index (χ0v) is 14.5. The number of carbonyl (C=O) groups is 3. The van der Waals surface area contributed by atoms with E-state index in [1.807, 2.05) is 6.92 Å². The highest BCUT2D eigenvalue weighted by atomic mass is 32.1. The largest absolute Gasteiger partial charge is 0.462 e. The van der Waals surface area contributed by atoms with Crippen molar-refractivity contribution in [2.45, 2.75) is 39.7 Å². The molecule has 7 nitrogen and oxygen atoms in total. The molecule has 0 aliphatic rings. The molecule has 128 valence electrons. The van der Waals surface area contributed by atoms with Gasteiger partial charge in [0.2, 0.25) is 0 Å². The Morgan fingerprint density at radius 3 is 2.54 bits per heavy atom. The molecule has 2 aromatic rings. The molecular formula is C16H18N2O5S. The van der Waals surface area contributed by atoms with Crippen LogP contribution < -0.4 is 5.56 Å². The number of rotatable bonds is 7. The summed E-state index contributed by atoms with van der Waals surface area (Å²) in [5, 5.41) is 1.59. The van der Waals surface area contributed by atoms with E-state index < -0.39 is 29.1 Å². The van der Waals surface area contributed by atoms with Gasteiger partial charge < -0.3 is 4.74 Å². The summed E-state index contributed by atoms with van der Waals surface area (Å²) >= 11 is 1.14. The number of nitrogens with zero attached hydrogens (tertiary/aromatic N) is 2. The monoisotopic (exact) mass is 350 g/mol. The Morgan fingerprint density at radius 2 is 1.96 bits per heavy atom. The lowest BCUT2D eigenvalue weighted by Gasteiger charge is -2.13. The number of hydrogen-bond donors (Lipinski definition) is 0. The van der Waals surface area contributed by atoms with Crippen molar-refractivity contribution in [2.24, 2.45) is 0 Å². The second kappa shape index (κ2) is 7.48. The number of fused-ring (bicyclic) bond motifs is 1. The van der Waals surface area contributed by atoms with Gasteiger partial charge in [-0.1, -0.05) is 13.3 Å². The Labute approximate surface area is 142 Å². The first-order valence-electron chi connectivity index (χ1n) is 7.54. The predicted octanol–water partition coefficient (Wildman–Crippen LogP) is 2.13. The zero-order chi connectivity index (χ0) is 17.9. The first-order chi connectivity index (χ1) is 11.4. The van der Waals surface area contributed by atoms with Crippen LogP contribution in [0.1, 0.15) is 50.0 Å². The Hall–Kier alpha value is -2.35. The number of carbonyl (C=O) groups excluding carboxylic acids is 3. The Morgan fingerprint density at radius 1 is 1.29 bits per heavy atom. The van der Waals surface area contributed by atoms with Crippen LogP contribution in [-0.4, -0.2) is 33.7 Å². The van der Waals surface area contributed by atoms with Gasteiger partial charge in [0.15, 0.2) is 17.6 Å². The summed E-state index contributed by atoms with van der Waals surface area (Å²) in [6.07, 6.45) is 2.78. The summed E-state index contributed by atoms with van der Waals surface area (Å²) in [6, 6.07) is -1.24. The molecule has 0 N–H and O–H groups in total. The molecule has 2 rings (SSSR count). The maximum absolute atomic E-state index is 12.7. The van der Waals surface area contributed by atoms with Crippen LogP contribution in [-0.2, 0) is 14.3 Å². The molecule has 2 heterocycles. The van der Waals surface area contributed by atoms with E-state index in [0.717, 1.165) is 28.7 Å². The first-order valence-corrected chi connectivity index (χ1v) is 8.42. The number of Topliss-reactive ketones (excluding diaryl/α,β-unsaturated/α-hetero) is 2. The standard InChI is InChI=1S/C16H18N2O5S/c1-4-5-6-23-16(22)11-7-24-14-12(11)15(21)18(8-17-14)13(9(2)19)10(3)20/h7-8,13H,4-6H2,1-3H3. The van der Waals surface area contributed by atoms with E-state index >= 15 is 0 Å². The third-order valence-corrected chi connectivity index (χ3v) is 4.40. The van der Waals surface area contributed by atoms with E-state index in [-0.39, 0.29) is 17.6 Å². The van der Waals surface area contributed by atoms with Gasteiger partial charge in [-0.25, -0.2) is 9.78 Å². The number of ether oxygens (including phenoxy) is 1. The third kappa shape index (κ3) is 3.43. The number of ketones is 2. The molecule has 0 aliphatic carbocycles. The lowest BCUT2D eigenvalue weighted by atomic mass is 10.1. The fourth-order valence-electron chi connectivity index (χ4n) is 2.34. The molecule has 0 radical (unpaired) electrons. The van der Waals surface area contributed by atoms with Crippen LogP contribution in [0.3, 0.4) is 0 Å². The molecule has 0 bridgehead atoms. The van der Waals surface area contributed by atoms with Gasteiger partial charge in [0, 0.05) is 5.38 Å². The van der Waals surface area contributed by atoms with E-state index in [9.17, 15) is 19.2 Å². The predicted molar refractivity (Wildman–Crippen MR) is 89.5 cm³/mol. The number of aromatic nitrogens is 2. The third-order valence-electron chi connectivity index (χ3n) is 3.52. The van der Waals surface area contributed by atoms with Crippen LogP contribution in [0.4, 0.5) is 0 Å². The number of unbranched alkanes of at least 4 members (excludes halogenated alkanes) is 1. The number of esters is 1. The van der Waals surface area contributed by atoms with Crippen LogP contribution in [0, 0.1) is 0 Å². The average molecular weight is 350 g/mol. The minimum absolute atomic E-state index is 0.0801. The van der Waals surface area contributed by atoms with E-state index in [2.05, 4.69) is 4.98 Å². The lowest BCUT2D eigenvalue weighted by molar-refractivity contribution is -0.129. The normalized spacial score (nSPS) is 11.0. The van der Waals surface area contributed by atoms with Gasteiger partial charge >= 0.3 is 5.97 Å². The Balaban J connectivity index is 2.52. The van der Waals surface area contributed by atoms with E-state index in [4.69, 9.17) is 4.74 Å². The van der Waals surface area contributed by atoms with Crippen LogP contribution in [0.15, 0.2) is 16.5 Å². The second-order valence-electron chi connectivity index (χ2n) is 5.40. The summed E-state index contributed by atoms with van der Waals surface area (Å²) in [5.74, 6) is -1.53. The van der Waals surface area contributed by atoms with Crippen molar-refractivity contribution in [2.75, 3.05) is 6.61 Å². The Kier molecular flexibility index (Phi) is 5.61. The first kappa shape index (κ1) is 18.0. The SMILES string of the molecule is CCCCOC(=O)c1csc2ncn(C(C(C)=O)C(C)=O)c(=O)c12. The fourth-order valence-corrected chi connectivity index (χ4v) is 3.21. The summed E-state index contributed by atoms with van der Waals surface area (Å²) in [5.41, 5.74) is -0.483. The van der Waals surface area contributed by atoms with Crippen molar-refractivity contribution < 1.29 is 19.1 Å². The molecule has 24 heavy (non-hydrogen) atoms. The maximum atomic E-state index is 12.7. The summed E-state index contributed by atoms with van der Waals surface area (Å²) in [7, 11) is 0. The molecule has 0 aromatic carbocycles. The molecule has 8 heteroatoms. The van der Waals surface area contributed by atoms with Gasteiger partial charge in [-0.3, -0.25) is 19.0 Å². The molecular weight excluding hydrogens is 332 g/mol. The van der Waals surface area contributed by atoms with Crippen LogP contribution in [0.2, 0.25) is 0 Å². The lowest BCUT2D eigenvalue weighted by Crippen LogP contribution is -2.33. The van der Waals surface area contributed by atoms with Gasteiger partial charge in [0.25, 0.3) is 5.56 Å². The van der Waals surface area contributed by atoms with Crippen molar-refractivity contribution in [3.05, 3.63) is 27.6 Å². The van der Waals surface area contributed by atoms with Crippen LogP contribution >= 0.6 is 11.3 Å². The van der Waals surface area contributed by atoms with Crippen LogP contribution in [0.5, 0.6) is 0 Å². The quantitative estimate of drug-likeness (QED) is 0.431. The highest BCUT2D eigenvalue weighted by Gasteiger charge is 2.26. The molecule has 2 aromatic heterocycles. The van der Waals surface area contributed by atoms with Crippen molar-refractivity contribution in [3.63, 3.8) is 0 Å². The zero-order valence-electron chi connectivity index (χ0n) is 13.7. The average Bonchev–Trinajstić information content (AvgIpc) is 2.94. The van der Waals surface area contributed by atoms with E-state index in [0.29, 0.717) is 4.83 Å². The van der Waals surface area contributed by atoms with Crippen molar-refractivity contribution in [1.82, 2.24) is 9.55 Å². The fraction of sp³-hybridized carbons (Fsp3) is 0.438. The maximum Gasteiger partial charge on any atom is 0.339 e. The van der Waals surface area contributed by atoms with Gasteiger partial charge in [-0.15, -0.1) is 11.3 Å².